The summed E-state index contributed by atoms with van der Waals surface area (Å²) in [6.07, 6.45) is -1.85. The largest absolute Gasteiger partial charge is 0.479 e. The Morgan fingerprint density at radius 3 is 2.16 bits per heavy atom. The smallest absolute Gasteiger partial charge is 0.407 e. The molecule has 0 radical (unpaired) electrons. The topological polar surface area (TPSA) is 125 Å². The molecule has 1 unspecified atom stereocenters. The lowest BCUT2D eigenvalue weighted by Crippen LogP contribution is -2.42. The molecule has 0 spiro atoms. The predicted molar refractivity (Wildman–Crippen MR) is 114 cm³/mol. The lowest BCUT2D eigenvalue weighted by atomic mass is 9.98. The van der Waals surface area contributed by atoms with E-state index in [1.54, 1.807) is 0 Å². The van der Waals surface area contributed by atoms with Crippen molar-refractivity contribution in [3.8, 4) is 11.1 Å². The molecular formula is C23H26N2O6. The Morgan fingerprint density at radius 1 is 1.03 bits per heavy atom. The van der Waals surface area contributed by atoms with Crippen LogP contribution in [0.3, 0.4) is 0 Å². The number of carboxylic acids is 1. The number of hydrogen-bond acceptors (Lipinski definition) is 5. The van der Waals surface area contributed by atoms with Crippen LogP contribution in [-0.4, -0.2) is 53.5 Å². The Bertz CT molecular complexity index is 915. The van der Waals surface area contributed by atoms with Crippen molar-refractivity contribution in [3.63, 3.8) is 0 Å². The van der Waals surface area contributed by atoms with Gasteiger partial charge in [0.05, 0.1) is 6.54 Å². The Hall–Kier alpha value is -3.39. The summed E-state index contributed by atoms with van der Waals surface area (Å²) >= 11 is 0. The molecule has 2 amide bonds. The third-order valence-corrected chi connectivity index (χ3v) is 5.37. The van der Waals surface area contributed by atoms with Gasteiger partial charge in [0.2, 0.25) is 5.91 Å². The molecular weight excluding hydrogens is 400 g/mol. The molecule has 3 rings (SSSR count). The zero-order valence-corrected chi connectivity index (χ0v) is 17.2. The standard InChI is InChI=1S/C23H26N2O6/c1-2-14(11-21(27)24-12-20(26)22(28)29)25-23(30)31-13-19-17-9-5-3-7-15(17)16-8-4-6-10-18(16)19/h3-10,14,19-20,26H,2,11-13H2,1H3,(H,24,27)(H,25,30)(H,28,29)/t14?,20-/m0/s1. The molecule has 0 bridgehead atoms. The molecule has 1 aliphatic rings. The summed E-state index contributed by atoms with van der Waals surface area (Å²) in [5, 5.41) is 22.9. The Kier molecular flexibility index (Phi) is 7.25. The van der Waals surface area contributed by atoms with Crippen LogP contribution in [0.5, 0.6) is 0 Å². The van der Waals surface area contributed by atoms with Gasteiger partial charge in [0.15, 0.2) is 6.10 Å². The number of carboxylic acid groups (broad SMARTS) is 1. The summed E-state index contributed by atoms with van der Waals surface area (Å²) in [6.45, 7) is 1.59. The first-order valence-corrected chi connectivity index (χ1v) is 10.2. The van der Waals surface area contributed by atoms with Crippen molar-refractivity contribution in [2.24, 2.45) is 0 Å². The molecule has 0 saturated carbocycles. The van der Waals surface area contributed by atoms with E-state index in [2.05, 4.69) is 22.8 Å². The van der Waals surface area contributed by atoms with Gasteiger partial charge in [-0.15, -0.1) is 0 Å². The van der Waals surface area contributed by atoms with Crippen LogP contribution in [0.25, 0.3) is 11.1 Å². The molecule has 31 heavy (non-hydrogen) atoms. The van der Waals surface area contributed by atoms with Crippen LogP contribution in [0.2, 0.25) is 0 Å². The summed E-state index contributed by atoms with van der Waals surface area (Å²) in [5.74, 6) is -1.94. The number of hydrogen-bond donors (Lipinski definition) is 4. The van der Waals surface area contributed by atoms with E-state index in [1.807, 2.05) is 43.3 Å². The first-order valence-electron chi connectivity index (χ1n) is 10.2. The number of ether oxygens (including phenoxy) is 1. The summed E-state index contributed by atoms with van der Waals surface area (Å²) in [7, 11) is 0. The van der Waals surface area contributed by atoms with Crippen LogP contribution in [0.4, 0.5) is 4.79 Å². The Balaban J connectivity index is 1.53. The van der Waals surface area contributed by atoms with E-state index in [0.717, 1.165) is 22.3 Å². The lowest BCUT2D eigenvalue weighted by molar-refractivity contribution is -0.146. The third kappa shape index (κ3) is 5.40. The van der Waals surface area contributed by atoms with E-state index < -0.39 is 36.7 Å². The quantitative estimate of drug-likeness (QED) is 0.487. The SMILES string of the molecule is CCC(CC(=O)NC[C@H](O)C(=O)O)NC(=O)OCC1c2ccccc2-c2ccccc21. The second-order valence-corrected chi connectivity index (χ2v) is 7.44. The zero-order valence-electron chi connectivity index (χ0n) is 17.2. The highest BCUT2D eigenvalue weighted by Crippen LogP contribution is 2.44. The zero-order chi connectivity index (χ0) is 22.4. The van der Waals surface area contributed by atoms with Crippen LogP contribution in [0.15, 0.2) is 48.5 Å². The molecule has 8 heteroatoms. The van der Waals surface area contributed by atoms with E-state index in [9.17, 15) is 19.5 Å². The molecule has 0 heterocycles. The highest BCUT2D eigenvalue weighted by molar-refractivity contribution is 5.80. The molecule has 4 N–H and O–H groups in total. The van der Waals surface area contributed by atoms with Gasteiger partial charge < -0.3 is 25.6 Å². The highest BCUT2D eigenvalue weighted by atomic mass is 16.5. The lowest BCUT2D eigenvalue weighted by Gasteiger charge is -2.19. The first-order chi connectivity index (χ1) is 14.9. The number of carbonyl (C=O) groups is 3. The number of aliphatic hydroxyl groups excluding tert-OH is 1. The van der Waals surface area contributed by atoms with E-state index in [4.69, 9.17) is 9.84 Å². The summed E-state index contributed by atoms with van der Waals surface area (Å²) in [6, 6.07) is 15.6. The minimum absolute atomic E-state index is 0.0486. The summed E-state index contributed by atoms with van der Waals surface area (Å²) in [5.41, 5.74) is 4.50. The molecule has 8 nitrogen and oxygen atoms in total. The molecule has 0 aliphatic heterocycles. The second-order valence-electron chi connectivity index (χ2n) is 7.44. The van der Waals surface area contributed by atoms with Gasteiger partial charge in [-0.2, -0.15) is 0 Å². The third-order valence-electron chi connectivity index (χ3n) is 5.37. The van der Waals surface area contributed by atoms with Crippen LogP contribution in [0, 0.1) is 0 Å². The average molecular weight is 426 g/mol. The molecule has 2 aromatic rings. The fraction of sp³-hybridized carbons (Fsp3) is 0.348. The van der Waals surface area contributed by atoms with Gasteiger partial charge in [-0.05, 0) is 28.7 Å². The fourth-order valence-corrected chi connectivity index (χ4v) is 3.70. The van der Waals surface area contributed by atoms with Gasteiger partial charge in [0, 0.05) is 18.4 Å². The number of fused-ring (bicyclic) bond motifs is 3. The average Bonchev–Trinajstić information content (AvgIpc) is 3.09. The highest BCUT2D eigenvalue weighted by Gasteiger charge is 2.29. The summed E-state index contributed by atoms with van der Waals surface area (Å²) < 4.78 is 5.48. The minimum Gasteiger partial charge on any atom is -0.479 e. The molecule has 164 valence electrons. The molecule has 2 aromatic carbocycles. The van der Waals surface area contributed by atoms with Gasteiger partial charge >= 0.3 is 12.1 Å². The minimum atomic E-state index is -1.67. The van der Waals surface area contributed by atoms with Crippen molar-refractivity contribution < 1.29 is 29.3 Å². The van der Waals surface area contributed by atoms with Gasteiger partial charge in [-0.25, -0.2) is 9.59 Å². The van der Waals surface area contributed by atoms with Crippen molar-refractivity contribution in [1.82, 2.24) is 10.6 Å². The van der Waals surface area contributed by atoms with E-state index >= 15 is 0 Å². The summed E-state index contributed by atoms with van der Waals surface area (Å²) in [4.78, 5) is 34.9. The van der Waals surface area contributed by atoms with Crippen LogP contribution >= 0.6 is 0 Å². The number of nitrogens with one attached hydrogen (secondary N) is 2. The van der Waals surface area contributed by atoms with E-state index in [1.165, 1.54) is 0 Å². The molecule has 0 fully saturated rings. The number of amides is 2. The predicted octanol–water partition coefficient (Wildman–Crippen LogP) is 2.26. The van der Waals surface area contributed by atoms with Gasteiger partial charge in [0.25, 0.3) is 0 Å². The van der Waals surface area contributed by atoms with Crippen molar-refractivity contribution in [2.45, 2.75) is 37.8 Å². The van der Waals surface area contributed by atoms with E-state index in [0.29, 0.717) is 6.42 Å². The van der Waals surface area contributed by atoms with Crippen LogP contribution < -0.4 is 10.6 Å². The van der Waals surface area contributed by atoms with Gasteiger partial charge in [-0.1, -0.05) is 55.5 Å². The van der Waals surface area contributed by atoms with Crippen LogP contribution in [-0.2, 0) is 14.3 Å². The molecule has 0 aromatic heterocycles. The number of alkyl carbamates (subject to hydrolysis) is 1. The molecule has 2 atom stereocenters. The number of carbonyl (C=O) groups excluding carboxylic acids is 2. The number of aliphatic hydroxyl groups is 1. The number of benzene rings is 2. The monoisotopic (exact) mass is 426 g/mol. The van der Waals surface area contributed by atoms with Crippen molar-refractivity contribution in [3.05, 3.63) is 59.7 Å². The fourth-order valence-electron chi connectivity index (χ4n) is 3.70. The van der Waals surface area contributed by atoms with E-state index in [-0.39, 0.29) is 18.9 Å². The molecule has 1 aliphatic carbocycles. The Labute approximate surface area is 180 Å². The van der Waals surface area contributed by atoms with Crippen molar-refractivity contribution >= 4 is 18.0 Å². The maximum absolute atomic E-state index is 12.3. The Morgan fingerprint density at radius 2 is 1.61 bits per heavy atom. The molecule has 0 saturated heterocycles. The van der Waals surface area contributed by atoms with Crippen molar-refractivity contribution in [2.75, 3.05) is 13.2 Å². The van der Waals surface area contributed by atoms with Crippen LogP contribution in [0.1, 0.15) is 36.8 Å². The number of aliphatic carboxylic acids is 1. The maximum atomic E-state index is 12.3. The maximum Gasteiger partial charge on any atom is 0.407 e. The second kappa shape index (κ2) is 10.1. The first kappa shape index (κ1) is 22.3. The number of rotatable bonds is 9. The van der Waals surface area contributed by atoms with Crippen molar-refractivity contribution in [1.29, 1.82) is 0 Å². The normalized spacial score (nSPS) is 14.1. The van der Waals surface area contributed by atoms with Gasteiger partial charge in [0.1, 0.15) is 6.61 Å². The van der Waals surface area contributed by atoms with Gasteiger partial charge in [-0.3, -0.25) is 4.79 Å².